The number of ketones is 1. The Balaban J connectivity index is 1.88. The molecule has 0 spiro atoms. The van der Waals surface area contributed by atoms with Gasteiger partial charge >= 0.3 is 0 Å². The molecule has 0 atom stereocenters. The van der Waals surface area contributed by atoms with E-state index in [1.807, 2.05) is 24.4 Å². The Bertz CT molecular complexity index is 596. The van der Waals surface area contributed by atoms with Crippen molar-refractivity contribution >= 4 is 16.7 Å². The number of nitrogens with one attached hydrogen (secondary N) is 1. The Labute approximate surface area is 113 Å². The number of H-pyrrole nitrogens is 1. The van der Waals surface area contributed by atoms with E-state index >= 15 is 0 Å². The predicted molar refractivity (Wildman–Crippen MR) is 75.8 cm³/mol. The molecule has 1 fully saturated rings. The second-order valence-electron chi connectivity index (χ2n) is 5.33. The van der Waals surface area contributed by atoms with Gasteiger partial charge in [-0.1, -0.05) is 6.92 Å². The molecule has 2 aromatic rings. The minimum atomic E-state index is 0.251. The lowest BCUT2D eigenvalue weighted by Crippen LogP contribution is -1.99. The fourth-order valence-corrected chi connectivity index (χ4v) is 2.33. The fraction of sp³-hybridized carbons (Fsp3) is 0.438. The number of rotatable bonds is 6. The summed E-state index contributed by atoms with van der Waals surface area (Å²) in [7, 11) is 0. The number of ether oxygens (including phenoxy) is 1. The Morgan fingerprint density at radius 2 is 2.26 bits per heavy atom. The van der Waals surface area contributed by atoms with E-state index in [1.54, 1.807) is 0 Å². The number of hydrogen-bond donors (Lipinski definition) is 1. The van der Waals surface area contributed by atoms with Gasteiger partial charge in [0.2, 0.25) is 0 Å². The standard InChI is InChI=1S/C16H19NO2/c1-2-7-19-12-5-6-15-13(9-12)14(10-17-15)16(18)8-11-3-4-11/h5-6,9-11,17H,2-4,7-8H2,1H3. The van der Waals surface area contributed by atoms with Crippen LogP contribution in [0.25, 0.3) is 10.9 Å². The molecule has 0 bridgehead atoms. The highest BCUT2D eigenvalue weighted by Gasteiger charge is 2.26. The maximum absolute atomic E-state index is 12.2. The topological polar surface area (TPSA) is 42.1 Å². The van der Waals surface area contributed by atoms with Crippen LogP contribution in [-0.4, -0.2) is 17.4 Å². The molecule has 0 radical (unpaired) electrons. The summed E-state index contributed by atoms with van der Waals surface area (Å²) in [4.78, 5) is 15.4. The predicted octanol–water partition coefficient (Wildman–Crippen LogP) is 3.94. The zero-order chi connectivity index (χ0) is 13.2. The van der Waals surface area contributed by atoms with Crippen molar-refractivity contribution in [2.45, 2.75) is 32.6 Å². The summed E-state index contributed by atoms with van der Waals surface area (Å²) in [6.45, 7) is 2.79. The van der Waals surface area contributed by atoms with Crippen LogP contribution >= 0.6 is 0 Å². The maximum Gasteiger partial charge on any atom is 0.165 e. The first-order valence-corrected chi connectivity index (χ1v) is 7.05. The molecule has 1 heterocycles. The molecule has 3 nitrogen and oxygen atoms in total. The number of benzene rings is 1. The molecule has 1 saturated carbocycles. The van der Waals surface area contributed by atoms with Crippen molar-refractivity contribution in [2.24, 2.45) is 5.92 Å². The minimum Gasteiger partial charge on any atom is -0.494 e. The van der Waals surface area contributed by atoms with E-state index in [9.17, 15) is 4.79 Å². The van der Waals surface area contributed by atoms with E-state index < -0.39 is 0 Å². The van der Waals surface area contributed by atoms with Gasteiger partial charge in [0.25, 0.3) is 0 Å². The zero-order valence-electron chi connectivity index (χ0n) is 11.2. The molecular weight excluding hydrogens is 238 g/mol. The van der Waals surface area contributed by atoms with Crippen LogP contribution in [0.15, 0.2) is 24.4 Å². The van der Waals surface area contributed by atoms with E-state index in [2.05, 4.69) is 11.9 Å². The first kappa shape index (κ1) is 12.3. The number of carbonyl (C=O) groups excluding carboxylic acids is 1. The third-order valence-electron chi connectivity index (χ3n) is 3.60. The summed E-state index contributed by atoms with van der Waals surface area (Å²) in [6, 6.07) is 5.90. The SMILES string of the molecule is CCCOc1ccc2[nH]cc(C(=O)CC3CC3)c2c1. The molecule has 3 heteroatoms. The lowest BCUT2D eigenvalue weighted by atomic mass is 10.0. The Morgan fingerprint density at radius 3 is 3.00 bits per heavy atom. The molecule has 1 N–H and O–H groups in total. The van der Waals surface area contributed by atoms with Gasteiger partial charge in [0.15, 0.2) is 5.78 Å². The van der Waals surface area contributed by atoms with Gasteiger partial charge in [-0.25, -0.2) is 0 Å². The summed E-state index contributed by atoms with van der Waals surface area (Å²) in [5.41, 5.74) is 1.81. The summed E-state index contributed by atoms with van der Waals surface area (Å²) >= 11 is 0. The van der Waals surface area contributed by atoms with Crippen LogP contribution < -0.4 is 4.74 Å². The number of hydrogen-bond acceptors (Lipinski definition) is 2. The summed E-state index contributed by atoms with van der Waals surface area (Å²) in [5, 5.41) is 0.985. The molecule has 0 amide bonds. The lowest BCUT2D eigenvalue weighted by Gasteiger charge is -2.05. The van der Waals surface area contributed by atoms with Gasteiger partial charge < -0.3 is 9.72 Å². The van der Waals surface area contributed by atoms with E-state index in [0.717, 1.165) is 28.6 Å². The van der Waals surface area contributed by atoms with Crippen LogP contribution in [0.1, 0.15) is 43.0 Å². The molecule has 100 valence electrons. The molecule has 0 saturated heterocycles. The highest BCUT2D eigenvalue weighted by Crippen LogP contribution is 2.34. The lowest BCUT2D eigenvalue weighted by molar-refractivity contribution is 0.0977. The molecule has 19 heavy (non-hydrogen) atoms. The molecule has 1 aromatic carbocycles. The van der Waals surface area contributed by atoms with E-state index in [1.165, 1.54) is 12.8 Å². The van der Waals surface area contributed by atoms with Crippen molar-refractivity contribution < 1.29 is 9.53 Å². The quantitative estimate of drug-likeness (QED) is 0.796. The van der Waals surface area contributed by atoms with E-state index in [-0.39, 0.29) is 5.78 Å². The Hall–Kier alpha value is -1.77. The van der Waals surface area contributed by atoms with E-state index in [0.29, 0.717) is 18.9 Å². The number of aromatic amines is 1. The van der Waals surface area contributed by atoms with Crippen LogP contribution in [0, 0.1) is 5.92 Å². The fourth-order valence-electron chi connectivity index (χ4n) is 2.33. The molecule has 1 aliphatic carbocycles. The number of aromatic nitrogens is 1. The largest absolute Gasteiger partial charge is 0.494 e. The first-order chi connectivity index (χ1) is 9.28. The smallest absolute Gasteiger partial charge is 0.165 e. The molecular formula is C16H19NO2. The van der Waals surface area contributed by atoms with Crippen molar-refractivity contribution in [1.82, 2.24) is 4.98 Å². The van der Waals surface area contributed by atoms with Gasteiger partial charge in [0.05, 0.1) is 6.61 Å². The number of carbonyl (C=O) groups is 1. The second-order valence-corrected chi connectivity index (χ2v) is 5.33. The molecule has 3 rings (SSSR count). The van der Waals surface area contributed by atoms with Crippen molar-refractivity contribution in [3.05, 3.63) is 30.0 Å². The molecule has 0 unspecified atom stereocenters. The third-order valence-corrected chi connectivity index (χ3v) is 3.60. The molecule has 0 aliphatic heterocycles. The van der Waals surface area contributed by atoms with Crippen LogP contribution in [0.4, 0.5) is 0 Å². The highest BCUT2D eigenvalue weighted by molar-refractivity contribution is 6.08. The minimum absolute atomic E-state index is 0.251. The maximum atomic E-state index is 12.2. The Morgan fingerprint density at radius 1 is 1.42 bits per heavy atom. The van der Waals surface area contributed by atoms with Crippen LogP contribution in [0.3, 0.4) is 0 Å². The van der Waals surface area contributed by atoms with Crippen molar-refractivity contribution in [2.75, 3.05) is 6.61 Å². The monoisotopic (exact) mass is 257 g/mol. The average Bonchev–Trinajstić information content (AvgIpc) is 3.12. The number of Topliss-reactive ketones (excluding diaryl/α,β-unsaturated/α-hetero) is 1. The first-order valence-electron chi connectivity index (χ1n) is 7.05. The Kier molecular flexibility index (Phi) is 3.28. The third kappa shape index (κ3) is 2.65. The number of fused-ring (bicyclic) bond motifs is 1. The van der Waals surface area contributed by atoms with Crippen LogP contribution in [0.2, 0.25) is 0 Å². The second kappa shape index (κ2) is 5.08. The van der Waals surface area contributed by atoms with Gasteiger partial charge in [0, 0.05) is 29.1 Å². The summed E-state index contributed by atoms with van der Waals surface area (Å²) in [6.07, 6.45) is 5.92. The van der Waals surface area contributed by atoms with E-state index in [4.69, 9.17) is 4.74 Å². The molecule has 1 aliphatic rings. The summed E-state index contributed by atoms with van der Waals surface area (Å²) in [5.74, 6) is 1.72. The van der Waals surface area contributed by atoms with Gasteiger partial charge in [-0.3, -0.25) is 4.79 Å². The van der Waals surface area contributed by atoms with Crippen molar-refractivity contribution in [3.8, 4) is 5.75 Å². The molecule has 1 aromatic heterocycles. The van der Waals surface area contributed by atoms with Crippen molar-refractivity contribution in [3.63, 3.8) is 0 Å². The zero-order valence-corrected chi connectivity index (χ0v) is 11.2. The van der Waals surface area contributed by atoms with Crippen LogP contribution in [-0.2, 0) is 0 Å². The average molecular weight is 257 g/mol. The highest BCUT2D eigenvalue weighted by atomic mass is 16.5. The van der Waals surface area contributed by atoms with Gasteiger partial charge in [-0.15, -0.1) is 0 Å². The summed E-state index contributed by atoms with van der Waals surface area (Å²) < 4.78 is 5.64. The van der Waals surface area contributed by atoms with Gasteiger partial charge in [0.1, 0.15) is 5.75 Å². The van der Waals surface area contributed by atoms with Gasteiger partial charge in [-0.2, -0.15) is 0 Å². The normalized spacial score (nSPS) is 14.8. The van der Waals surface area contributed by atoms with Gasteiger partial charge in [-0.05, 0) is 43.4 Å². The van der Waals surface area contributed by atoms with Crippen LogP contribution in [0.5, 0.6) is 5.75 Å². The van der Waals surface area contributed by atoms with Crippen molar-refractivity contribution in [1.29, 1.82) is 0 Å².